The first kappa shape index (κ1) is 26.7. The number of nitrogens with one attached hydrogen (secondary N) is 2. The monoisotopic (exact) mass is 530 g/mol. The number of morpholine rings is 1. The number of nitrogens with zero attached hydrogens (tertiary/aromatic N) is 2. The van der Waals surface area contributed by atoms with Crippen molar-refractivity contribution in [2.24, 2.45) is 0 Å². The predicted molar refractivity (Wildman–Crippen MR) is 137 cm³/mol. The fraction of sp³-hybridized carbons (Fsp3) is 0.346. The van der Waals surface area contributed by atoms with Gasteiger partial charge in [-0.05, 0) is 35.4 Å². The van der Waals surface area contributed by atoms with Crippen molar-refractivity contribution in [1.82, 2.24) is 20.1 Å². The molecule has 2 aromatic carbocycles. The Bertz CT molecular complexity index is 1330. The van der Waals surface area contributed by atoms with E-state index in [-0.39, 0.29) is 42.7 Å². The highest BCUT2D eigenvalue weighted by molar-refractivity contribution is 6.30. The lowest BCUT2D eigenvalue weighted by atomic mass is 10.1. The number of hydrogen-bond donors (Lipinski definition) is 3. The van der Waals surface area contributed by atoms with Gasteiger partial charge in [0.05, 0.1) is 25.3 Å². The summed E-state index contributed by atoms with van der Waals surface area (Å²) in [4.78, 5) is 45.4. The minimum absolute atomic E-state index is 0.0113. The summed E-state index contributed by atoms with van der Waals surface area (Å²) in [6.45, 7) is 2.49. The molecule has 0 spiro atoms. The van der Waals surface area contributed by atoms with Crippen LogP contribution in [0.4, 0.5) is 4.39 Å². The van der Waals surface area contributed by atoms with Crippen LogP contribution in [0, 0.1) is 5.82 Å². The highest BCUT2D eigenvalue weighted by atomic mass is 35.5. The Hall–Kier alpha value is -3.31. The lowest BCUT2D eigenvalue weighted by molar-refractivity contribution is -0.122. The smallest absolute Gasteiger partial charge is 0.260 e. The number of hydrogen-bond acceptors (Lipinski definition) is 6. The third-order valence-electron chi connectivity index (χ3n) is 6.08. The molecule has 11 heteroatoms. The average molecular weight is 531 g/mol. The normalized spacial score (nSPS) is 14.0. The Kier molecular flexibility index (Phi) is 8.88. The molecule has 2 heterocycles. The second kappa shape index (κ2) is 12.3. The molecule has 4 rings (SSSR count). The first-order valence-electron chi connectivity index (χ1n) is 11.9. The largest absolute Gasteiger partial charge is 0.395 e. The van der Waals surface area contributed by atoms with Gasteiger partial charge < -0.3 is 25.0 Å². The molecular formula is C26H28ClFN4O5. The van der Waals surface area contributed by atoms with Crippen LogP contribution in [0.25, 0.3) is 10.9 Å². The maximum atomic E-state index is 14.9. The summed E-state index contributed by atoms with van der Waals surface area (Å²) in [5, 5.41) is 12.1. The van der Waals surface area contributed by atoms with Crippen LogP contribution in [-0.2, 0) is 22.6 Å². The lowest BCUT2D eigenvalue weighted by Gasteiger charge is -2.26. The molecule has 0 atom stereocenters. The van der Waals surface area contributed by atoms with Crippen molar-refractivity contribution >= 4 is 34.3 Å². The number of fused-ring (bicyclic) bond motifs is 1. The number of carbonyl (C=O) groups excluding carboxylic acids is 2. The zero-order chi connectivity index (χ0) is 26.4. The van der Waals surface area contributed by atoms with E-state index >= 15 is 0 Å². The summed E-state index contributed by atoms with van der Waals surface area (Å²) >= 11 is 5.96. The van der Waals surface area contributed by atoms with E-state index in [1.807, 2.05) is 0 Å². The van der Waals surface area contributed by atoms with Crippen LogP contribution < -0.4 is 10.7 Å². The van der Waals surface area contributed by atoms with E-state index in [1.165, 1.54) is 17.2 Å². The van der Waals surface area contributed by atoms with Crippen LogP contribution >= 0.6 is 11.6 Å². The number of aliphatic hydroxyl groups excluding tert-OH is 1. The first-order valence-corrected chi connectivity index (χ1v) is 12.3. The van der Waals surface area contributed by atoms with Crippen molar-refractivity contribution in [3.8, 4) is 0 Å². The van der Waals surface area contributed by atoms with Gasteiger partial charge in [0.15, 0.2) is 0 Å². The number of pyridine rings is 1. The van der Waals surface area contributed by atoms with E-state index in [9.17, 15) is 18.8 Å². The standard InChI is InChI=1S/C26H28ClFN4O5/c27-19-3-1-17(2-4-19)15-32(16-23(34)29-5-8-33)26(36)21-13-30-24-20(25(21)35)11-18(12-22(24)28)14-31-6-9-37-10-7-31/h1-4,11-13,33H,5-10,14-16H2,(H,29,34)(H,30,35). The topological polar surface area (TPSA) is 115 Å². The molecule has 1 aromatic heterocycles. The van der Waals surface area contributed by atoms with Crippen LogP contribution in [0.3, 0.4) is 0 Å². The van der Waals surface area contributed by atoms with Gasteiger partial charge in [-0.25, -0.2) is 4.39 Å². The number of rotatable bonds is 9. The Morgan fingerprint density at radius 2 is 1.89 bits per heavy atom. The molecule has 9 nitrogen and oxygen atoms in total. The summed E-state index contributed by atoms with van der Waals surface area (Å²) in [6.07, 6.45) is 1.18. The van der Waals surface area contributed by atoms with Gasteiger partial charge in [-0.1, -0.05) is 23.7 Å². The number of aromatic nitrogens is 1. The van der Waals surface area contributed by atoms with Gasteiger partial charge in [-0.2, -0.15) is 0 Å². The quantitative estimate of drug-likeness (QED) is 0.389. The van der Waals surface area contributed by atoms with Crippen LogP contribution in [0.1, 0.15) is 21.5 Å². The summed E-state index contributed by atoms with van der Waals surface area (Å²) < 4.78 is 20.2. The molecule has 0 bridgehead atoms. The molecule has 1 saturated heterocycles. The molecule has 1 aliphatic rings. The molecule has 2 amide bonds. The lowest BCUT2D eigenvalue weighted by Crippen LogP contribution is -2.42. The van der Waals surface area contributed by atoms with Gasteiger partial charge >= 0.3 is 0 Å². The number of ether oxygens (including phenoxy) is 1. The zero-order valence-corrected chi connectivity index (χ0v) is 20.9. The second-order valence-corrected chi connectivity index (χ2v) is 9.22. The van der Waals surface area contributed by atoms with E-state index < -0.39 is 23.1 Å². The van der Waals surface area contributed by atoms with Crippen molar-refractivity contribution < 1.29 is 23.8 Å². The number of carbonyl (C=O) groups is 2. The van der Waals surface area contributed by atoms with E-state index in [4.69, 9.17) is 21.4 Å². The van der Waals surface area contributed by atoms with Gasteiger partial charge in [0.2, 0.25) is 11.3 Å². The molecule has 196 valence electrons. The van der Waals surface area contributed by atoms with Crippen LogP contribution in [0.5, 0.6) is 0 Å². The summed E-state index contributed by atoms with van der Waals surface area (Å²) in [6, 6.07) is 9.73. The number of aliphatic hydroxyl groups is 1. The zero-order valence-electron chi connectivity index (χ0n) is 20.1. The van der Waals surface area contributed by atoms with Crippen molar-refractivity contribution in [3.63, 3.8) is 0 Å². The molecule has 37 heavy (non-hydrogen) atoms. The molecule has 0 saturated carbocycles. The van der Waals surface area contributed by atoms with Crippen LogP contribution in [-0.4, -0.2) is 77.7 Å². The number of amides is 2. The highest BCUT2D eigenvalue weighted by Crippen LogP contribution is 2.19. The third-order valence-corrected chi connectivity index (χ3v) is 6.33. The van der Waals surface area contributed by atoms with Crippen molar-refractivity contribution in [2.75, 3.05) is 46.0 Å². The van der Waals surface area contributed by atoms with Gasteiger partial charge in [-0.3, -0.25) is 19.3 Å². The third kappa shape index (κ3) is 6.72. The molecule has 0 aliphatic carbocycles. The molecule has 0 unspecified atom stereocenters. The number of benzene rings is 2. The summed E-state index contributed by atoms with van der Waals surface area (Å²) in [5.74, 6) is -1.76. The van der Waals surface area contributed by atoms with Gasteiger partial charge in [0.1, 0.15) is 17.9 Å². The first-order chi connectivity index (χ1) is 17.9. The number of H-pyrrole nitrogens is 1. The van der Waals surface area contributed by atoms with Gasteiger partial charge in [0.25, 0.3) is 5.91 Å². The molecule has 0 radical (unpaired) electrons. The minimum Gasteiger partial charge on any atom is -0.395 e. The molecule has 1 aliphatic heterocycles. The minimum atomic E-state index is -0.684. The second-order valence-electron chi connectivity index (χ2n) is 8.78. The predicted octanol–water partition coefficient (Wildman–Crippen LogP) is 1.90. The Balaban J connectivity index is 1.65. The van der Waals surface area contributed by atoms with E-state index in [0.717, 1.165) is 0 Å². The van der Waals surface area contributed by atoms with Crippen LogP contribution in [0.15, 0.2) is 47.4 Å². The Morgan fingerprint density at radius 1 is 1.16 bits per heavy atom. The highest BCUT2D eigenvalue weighted by Gasteiger charge is 2.24. The van der Waals surface area contributed by atoms with Gasteiger partial charge in [-0.15, -0.1) is 0 Å². The summed E-state index contributed by atoms with van der Waals surface area (Å²) in [7, 11) is 0. The van der Waals surface area contributed by atoms with Crippen molar-refractivity contribution in [1.29, 1.82) is 0 Å². The molecule has 3 aromatic rings. The number of aromatic amines is 1. The number of halogens is 2. The van der Waals surface area contributed by atoms with E-state index in [2.05, 4.69) is 15.2 Å². The fourth-order valence-corrected chi connectivity index (χ4v) is 4.34. The maximum Gasteiger partial charge on any atom is 0.260 e. The van der Waals surface area contributed by atoms with Gasteiger partial charge in [0, 0.05) is 49.3 Å². The van der Waals surface area contributed by atoms with Crippen molar-refractivity contribution in [2.45, 2.75) is 13.1 Å². The fourth-order valence-electron chi connectivity index (χ4n) is 4.22. The van der Waals surface area contributed by atoms with E-state index in [1.54, 1.807) is 30.3 Å². The Labute approximate surface area is 217 Å². The molecule has 3 N–H and O–H groups in total. The molecule has 1 fully saturated rings. The van der Waals surface area contributed by atoms with Crippen LogP contribution in [0.2, 0.25) is 5.02 Å². The SMILES string of the molecule is O=C(CN(Cc1ccc(Cl)cc1)C(=O)c1c[nH]c2c(F)cc(CN3CCOCC3)cc2c1=O)NCCO. The average Bonchev–Trinajstić information content (AvgIpc) is 2.89. The molecular weight excluding hydrogens is 503 g/mol. The Morgan fingerprint density at radius 3 is 2.59 bits per heavy atom. The maximum absolute atomic E-state index is 14.9. The summed E-state index contributed by atoms with van der Waals surface area (Å²) in [5.41, 5.74) is 0.488. The van der Waals surface area contributed by atoms with Crippen molar-refractivity contribution in [3.05, 3.63) is 80.3 Å². The van der Waals surface area contributed by atoms with E-state index in [0.29, 0.717) is 49.0 Å².